The Morgan fingerprint density at radius 1 is 1.65 bits per heavy atom. The topological polar surface area (TPSA) is 121 Å². The zero-order valence-corrected chi connectivity index (χ0v) is 9.73. The molecule has 1 unspecified atom stereocenters. The van der Waals surface area contributed by atoms with Gasteiger partial charge in [-0.3, -0.25) is 4.79 Å². The van der Waals surface area contributed by atoms with Gasteiger partial charge in [0.25, 0.3) is 0 Å². The van der Waals surface area contributed by atoms with Gasteiger partial charge in [0.15, 0.2) is 0 Å². The van der Waals surface area contributed by atoms with Crippen LogP contribution in [0.5, 0.6) is 0 Å². The molecule has 0 aliphatic carbocycles. The van der Waals surface area contributed by atoms with Crippen molar-refractivity contribution in [1.82, 2.24) is 15.3 Å². The number of carboxylic acids is 1. The van der Waals surface area contributed by atoms with Crippen molar-refractivity contribution in [2.75, 3.05) is 0 Å². The molecular weight excluding hydrogens is 224 g/mol. The van der Waals surface area contributed by atoms with Crippen molar-refractivity contribution in [2.24, 2.45) is 5.73 Å². The molecule has 0 fully saturated rings. The quantitative estimate of drug-likeness (QED) is 0.540. The summed E-state index contributed by atoms with van der Waals surface area (Å²) in [5.41, 5.74) is 5.06. The molecule has 7 nitrogen and oxygen atoms in total. The second-order valence-corrected chi connectivity index (χ2v) is 4.31. The summed E-state index contributed by atoms with van der Waals surface area (Å²) in [6, 6.07) is -0.811. The molecule has 1 aromatic heterocycles. The fraction of sp³-hybridized carbons (Fsp3) is 0.500. The first-order valence-electron chi connectivity index (χ1n) is 5.11. The average Bonchev–Trinajstić information content (AvgIpc) is 2.69. The predicted molar refractivity (Wildman–Crippen MR) is 60.1 cm³/mol. The van der Waals surface area contributed by atoms with E-state index >= 15 is 0 Å². The molecule has 94 valence electrons. The Morgan fingerprint density at radius 3 is 2.76 bits per heavy atom. The first-order valence-corrected chi connectivity index (χ1v) is 5.11. The first kappa shape index (κ1) is 13.2. The molecule has 0 radical (unpaired) electrons. The highest BCUT2D eigenvalue weighted by molar-refractivity contribution is 5.89. The molecule has 0 saturated carbocycles. The van der Waals surface area contributed by atoms with Gasteiger partial charge in [0.1, 0.15) is 5.54 Å². The van der Waals surface area contributed by atoms with Crippen molar-refractivity contribution in [2.45, 2.75) is 31.8 Å². The van der Waals surface area contributed by atoms with Gasteiger partial charge in [0.2, 0.25) is 5.91 Å². The number of nitrogens with zero attached hydrogens (tertiary/aromatic N) is 1. The number of amides is 1. The molecule has 1 rings (SSSR count). The number of nitrogens with two attached hydrogens (primary N) is 1. The molecule has 7 heteroatoms. The number of H-pyrrole nitrogens is 1. The molecule has 0 aliphatic rings. The lowest BCUT2D eigenvalue weighted by Crippen LogP contribution is -2.55. The molecule has 1 amide bonds. The molecule has 1 aromatic rings. The van der Waals surface area contributed by atoms with Crippen molar-refractivity contribution in [3.8, 4) is 0 Å². The number of aliphatic carboxylic acids is 1. The third-order valence-electron chi connectivity index (χ3n) is 2.30. The summed E-state index contributed by atoms with van der Waals surface area (Å²) >= 11 is 0. The molecule has 1 heterocycles. The Hall–Kier alpha value is -1.89. The van der Waals surface area contributed by atoms with Crippen LogP contribution in [0.3, 0.4) is 0 Å². The third kappa shape index (κ3) is 3.56. The van der Waals surface area contributed by atoms with Crippen LogP contribution in [0, 0.1) is 0 Å². The molecule has 17 heavy (non-hydrogen) atoms. The van der Waals surface area contributed by atoms with E-state index in [1.165, 1.54) is 20.2 Å². The van der Waals surface area contributed by atoms with Crippen LogP contribution in [0.1, 0.15) is 19.5 Å². The van der Waals surface area contributed by atoms with Crippen LogP contribution >= 0.6 is 0 Å². The van der Waals surface area contributed by atoms with Crippen molar-refractivity contribution >= 4 is 11.9 Å². The van der Waals surface area contributed by atoms with Gasteiger partial charge in [-0.2, -0.15) is 0 Å². The summed E-state index contributed by atoms with van der Waals surface area (Å²) in [7, 11) is 0. The minimum absolute atomic E-state index is 0.279. The number of hydrogen-bond acceptors (Lipinski definition) is 4. The maximum absolute atomic E-state index is 11.7. The van der Waals surface area contributed by atoms with Gasteiger partial charge in [-0.05, 0) is 13.8 Å². The van der Waals surface area contributed by atoms with Crippen LogP contribution < -0.4 is 11.1 Å². The van der Waals surface area contributed by atoms with E-state index < -0.39 is 23.5 Å². The highest BCUT2D eigenvalue weighted by atomic mass is 16.4. The van der Waals surface area contributed by atoms with Crippen molar-refractivity contribution in [3.05, 3.63) is 18.2 Å². The molecule has 0 aromatic carbocycles. The Bertz CT molecular complexity index is 400. The molecule has 0 spiro atoms. The van der Waals surface area contributed by atoms with E-state index in [0.717, 1.165) is 5.69 Å². The Morgan fingerprint density at radius 2 is 2.29 bits per heavy atom. The summed E-state index contributed by atoms with van der Waals surface area (Å²) in [5, 5.41) is 11.2. The average molecular weight is 240 g/mol. The van der Waals surface area contributed by atoms with E-state index in [-0.39, 0.29) is 6.42 Å². The van der Waals surface area contributed by atoms with E-state index in [1.54, 1.807) is 6.20 Å². The molecular formula is C10H16N4O3. The third-order valence-corrected chi connectivity index (χ3v) is 2.30. The second kappa shape index (κ2) is 4.96. The molecule has 0 aliphatic heterocycles. The predicted octanol–water partition coefficient (Wildman–Crippen LogP) is -0.741. The number of carboxylic acid groups (broad SMARTS) is 1. The minimum Gasteiger partial charge on any atom is -0.480 e. The van der Waals surface area contributed by atoms with Gasteiger partial charge in [-0.1, -0.05) is 0 Å². The molecule has 0 saturated heterocycles. The number of aromatic amines is 1. The SMILES string of the molecule is CC(C)(NC(=O)C(N)Cc1cnc[nH]1)C(=O)O. The number of carbonyl (C=O) groups excluding carboxylic acids is 1. The van der Waals surface area contributed by atoms with E-state index in [4.69, 9.17) is 10.8 Å². The normalized spacial score (nSPS) is 13.1. The Kier molecular flexibility index (Phi) is 3.84. The zero-order chi connectivity index (χ0) is 13.1. The van der Waals surface area contributed by atoms with Gasteiger partial charge in [-0.15, -0.1) is 0 Å². The van der Waals surface area contributed by atoms with Gasteiger partial charge >= 0.3 is 5.97 Å². The number of aromatic nitrogens is 2. The fourth-order valence-corrected chi connectivity index (χ4v) is 1.18. The summed E-state index contributed by atoms with van der Waals surface area (Å²) in [5.74, 6) is -1.62. The summed E-state index contributed by atoms with van der Waals surface area (Å²) in [4.78, 5) is 29.1. The molecule has 5 N–H and O–H groups in total. The van der Waals surface area contributed by atoms with Crippen molar-refractivity contribution < 1.29 is 14.7 Å². The maximum atomic E-state index is 11.7. The lowest BCUT2D eigenvalue weighted by atomic mass is 10.0. The minimum atomic E-state index is -1.33. The first-order chi connectivity index (χ1) is 7.83. The van der Waals surface area contributed by atoms with Crippen LogP contribution in [-0.2, 0) is 16.0 Å². The monoisotopic (exact) mass is 240 g/mol. The number of nitrogens with one attached hydrogen (secondary N) is 2. The van der Waals surface area contributed by atoms with Crippen molar-refractivity contribution in [1.29, 1.82) is 0 Å². The van der Waals surface area contributed by atoms with E-state index in [0.29, 0.717) is 0 Å². The Balaban J connectivity index is 2.56. The summed E-state index contributed by atoms with van der Waals surface area (Å²) in [6.07, 6.45) is 3.33. The fourth-order valence-electron chi connectivity index (χ4n) is 1.18. The lowest BCUT2D eigenvalue weighted by molar-refractivity contribution is -0.146. The molecule has 0 bridgehead atoms. The van der Waals surface area contributed by atoms with Crippen LogP contribution in [0.2, 0.25) is 0 Å². The second-order valence-electron chi connectivity index (χ2n) is 4.31. The van der Waals surface area contributed by atoms with E-state index in [1.807, 2.05) is 0 Å². The number of imidazole rings is 1. The maximum Gasteiger partial charge on any atom is 0.328 e. The number of carbonyl (C=O) groups is 2. The molecule has 1 atom stereocenters. The van der Waals surface area contributed by atoms with Gasteiger partial charge < -0.3 is 21.1 Å². The van der Waals surface area contributed by atoms with E-state index in [9.17, 15) is 9.59 Å². The van der Waals surface area contributed by atoms with Crippen LogP contribution in [0.4, 0.5) is 0 Å². The standard InChI is InChI=1S/C10H16N4O3/c1-10(2,9(16)17)14-8(15)7(11)3-6-4-12-5-13-6/h4-5,7H,3,11H2,1-2H3,(H,12,13)(H,14,15)(H,16,17). The van der Waals surface area contributed by atoms with E-state index in [2.05, 4.69) is 15.3 Å². The van der Waals surface area contributed by atoms with Crippen LogP contribution in [0.25, 0.3) is 0 Å². The smallest absolute Gasteiger partial charge is 0.328 e. The number of rotatable bonds is 5. The largest absolute Gasteiger partial charge is 0.480 e. The highest BCUT2D eigenvalue weighted by Gasteiger charge is 2.30. The van der Waals surface area contributed by atoms with Crippen molar-refractivity contribution in [3.63, 3.8) is 0 Å². The summed E-state index contributed by atoms with van der Waals surface area (Å²) < 4.78 is 0. The highest BCUT2D eigenvalue weighted by Crippen LogP contribution is 2.03. The van der Waals surface area contributed by atoms with Gasteiger partial charge in [-0.25, -0.2) is 9.78 Å². The zero-order valence-electron chi connectivity index (χ0n) is 9.73. The van der Waals surface area contributed by atoms with Crippen LogP contribution in [0.15, 0.2) is 12.5 Å². The Labute approximate surface area is 98.4 Å². The van der Waals surface area contributed by atoms with Gasteiger partial charge in [0, 0.05) is 18.3 Å². The van der Waals surface area contributed by atoms with Crippen LogP contribution in [-0.4, -0.2) is 38.5 Å². The summed E-state index contributed by atoms with van der Waals surface area (Å²) in [6.45, 7) is 2.80. The number of hydrogen-bond donors (Lipinski definition) is 4. The lowest BCUT2D eigenvalue weighted by Gasteiger charge is -2.23. The van der Waals surface area contributed by atoms with Gasteiger partial charge in [0.05, 0.1) is 12.4 Å².